The van der Waals surface area contributed by atoms with E-state index in [0.29, 0.717) is 37.1 Å². The average Bonchev–Trinajstić information content (AvgIpc) is 3.18. The van der Waals surface area contributed by atoms with Crippen LogP contribution in [-0.4, -0.2) is 69.5 Å². The Balaban J connectivity index is 1.55. The van der Waals surface area contributed by atoms with Gasteiger partial charge in [0.2, 0.25) is 0 Å². The number of H-pyrrole nitrogens is 1. The van der Waals surface area contributed by atoms with Crippen LogP contribution >= 0.6 is 0 Å². The maximum absolute atomic E-state index is 12.6. The van der Waals surface area contributed by atoms with E-state index in [1.807, 2.05) is 0 Å². The highest BCUT2D eigenvalue weighted by atomic mass is 16.6. The molecule has 2 aromatic rings. The van der Waals surface area contributed by atoms with E-state index < -0.39 is 5.60 Å². The molecule has 2 aliphatic rings. The number of nitrogens with one attached hydrogen (secondary N) is 1. The lowest BCUT2D eigenvalue weighted by molar-refractivity contribution is 0.0553. The second-order valence-corrected chi connectivity index (χ2v) is 5.91. The normalized spacial score (nSPS) is 24.5. The maximum atomic E-state index is 12.6. The molecule has 1 aromatic heterocycles. The molecule has 4 rings (SSSR count). The molecule has 3 heterocycles. The Morgan fingerprint density at radius 3 is 2.91 bits per heavy atom. The summed E-state index contributed by atoms with van der Waals surface area (Å²) < 4.78 is 5.46. The first-order valence-corrected chi connectivity index (χ1v) is 7.10. The molecule has 0 radical (unpaired) electrons. The molecule has 2 amide bonds. The summed E-state index contributed by atoms with van der Waals surface area (Å²) in [4.78, 5) is 27.5. The lowest BCUT2D eigenvalue weighted by Crippen LogP contribution is -2.39. The second kappa shape index (κ2) is 4.43. The van der Waals surface area contributed by atoms with Gasteiger partial charge in [0.1, 0.15) is 11.0 Å². The number of aromatic amines is 1. The molecule has 0 aliphatic carbocycles. The second-order valence-electron chi connectivity index (χ2n) is 5.91. The van der Waals surface area contributed by atoms with Crippen LogP contribution in [0.15, 0.2) is 18.2 Å². The van der Waals surface area contributed by atoms with E-state index in [-0.39, 0.29) is 12.0 Å². The average molecular weight is 301 g/mol. The topological polar surface area (TPSA) is 91.4 Å². The molecule has 1 atom stereocenters. The summed E-state index contributed by atoms with van der Waals surface area (Å²) in [5.74, 6) is -0.0765. The van der Waals surface area contributed by atoms with Crippen molar-refractivity contribution in [2.45, 2.75) is 12.0 Å². The Hall–Kier alpha value is -2.64. The van der Waals surface area contributed by atoms with E-state index in [1.165, 1.54) is 0 Å². The van der Waals surface area contributed by atoms with Gasteiger partial charge in [-0.2, -0.15) is 15.4 Å². The zero-order valence-corrected chi connectivity index (χ0v) is 12.1. The van der Waals surface area contributed by atoms with Gasteiger partial charge < -0.3 is 14.5 Å². The van der Waals surface area contributed by atoms with Crippen molar-refractivity contribution in [3.8, 4) is 0 Å². The highest BCUT2D eigenvalue weighted by Crippen LogP contribution is 2.32. The van der Waals surface area contributed by atoms with Gasteiger partial charge in [-0.25, -0.2) is 4.79 Å². The number of fused-ring (bicyclic) bond motifs is 1. The zero-order chi connectivity index (χ0) is 15.3. The molecule has 8 nitrogen and oxygen atoms in total. The highest BCUT2D eigenvalue weighted by molar-refractivity contribution is 5.97. The van der Waals surface area contributed by atoms with Crippen LogP contribution in [0.1, 0.15) is 16.8 Å². The summed E-state index contributed by atoms with van der Waals surface area (Å²) in [5, 5.41) is 10.5. The van der Waals surface area contributed by atoms with Gasteiger partial charge in [0, 0.05) is 25.6 Å². The van der Waals surface area contributed by atoms with Gasteiger partial charge in [-0.15, -0.1) is 0 Å². The summed E-state index contributed by atoms with van der Waals surface area (Å²) >= 11 is 0. The molecule has 1 spiro atoms. The third-order valence-electron chi connectivity index (χ3n) is 4.31. The van der Waals surface area contributed by atoms with Gasteiger partial charge in [-0.1, -0.05) is 0 Å². The largest absolute Gasteiger partial charge is 0.439 e. The molecule has 114 valence electrons. The van der Waals surface area contributed by atoms with Crippen LogP contribution in [0.4, 0.5) is 4.79 Å². The number of likely N-dealkylation sites (N-methyl/N-ethyl adjacent to an activating group) is 1. The number of carbonyl (C=O) groups is 2. The number of hydrogen-bond donors (Lipinski definition) is 1. The van der Waals surface area contributed by atoms with E-state index in [2.05, 4.69) is 15.4 Å². The molecular weight excluding hydrogens is 286 g/mol. The summed E-state index contributed by atoms with van der Waals surface area (Å²) in [6.45, 7) is 1.54. The molecular formula is C14H15N5O3. The van der Waals surface area contributed by atoms with Crippen LogP contribution < -0.4 is 0 Å². The zero-order valence-electron chi connectivity index (χ0n) is 12.1. The molecule has 1 N–H and O–H groups in total. The van der Waals surface area contributed by atoms with Gasteiger partial charge in [0.15, 0.2) is 5.60 Å². The fourth-order valence-electron chi connectivity index (χ4n) is 3.18. The van der Waals surface area contributed by atoms with Gasteiger partial charge >= 0.3 is 6.09 Å². The summed E-state index contributed by atoms with van der Waals surface area (Å²) in [5.41, 5.74) is 1.39. The standard InChI is InChI=1S/C14H15N5O3/c1-18-7-14(22-13(18)21)4-5-19(8-14)12(20)9-2-3-10-11(6-9)16-17-15-10/h2-3,6H,4-5,7-8H2,1H3,(H,15,16,17)/t14-/m0/s1. The van der Waals surface area contributed by atoms with Crippen LogP contribution in [0, 0.1) is 0 Å². The monoisotopic (exact) mass is 301 g/mol. The number of aromatic nitrogens is 3. The molecule has 0 saturated carbocycles. The molecule has 0 bridgehead atoms. The van der Waals surface area contributed by atoms with Crippen LogP contribution in [0.2, 0.25) is 0 Å². The Morgan fingerprint density at radius 1 is 1.32 bits per heavy atom. The van der Waals surface area contributed by atoms with E-state index in [4.69, 9.17) is 4.74 Å². The number of benzene rings is 1. The third-order valence-corrected chi connectivity index (χ3v) is 4.31. The van der Waals surface area contributed by atoms with Gasteiger partial charge in [-0.05, 0) is 18.2 Å². The Bertz CT molecular complexity index is 773. The SMILES string of the molecule is CN1C[C@]2(CCN(C(=O)c3ccc4n[nH]nc4c3)C2)OC1=O. The molecule has 2 aliphatic heterocycles. The van der Waals surface area contributed by atoms with Crippen molar-refractivity contribution in [2.75, 3.05) is 26.7 Å². The smallest absolute Gasteiger partial charge is 0.410 e. The number of ether oxygens (including phenoxy) is 1. The lowest BCUT2D eigenvalue weighted by Gasteiger charge is -2.21. The maximum Gasteiger partial charge on any atom is 0.410 e. The summed E-state index contributed by atoms with van der Waals surface area (Å²) in [6.07, 6.45) is 0.347. The van der Waals surface area contributed by atoms with Crippen LogP contribution in [0.5, 0.6) is 0 Å². The van der Waals surface area contributed by atoms with Crippen LogP contribution in [-0.2, 0) is 4.74 Å². The molecule has 22 heavy (non-hydrogen) atoms. The minimum Gasteiger partial charge on any atom is -0.439 e. The molecule has 0 unspecified atom stereocenters. The number of likely N-dealkylation sites (tertiary alicyclic amines) is 1. The van der Waals surface area contributed by atoms with Crippen molar-refractivity contribution in [3.05, 3.63) is 23.8 Å². The Labute approximate surface area is 126 Å². The highest BCUT2D eigenvalue weighted by Gasteiger charge is 2.49. The van der Waals surface area contributed by atoms with Crippen molar-refractivity contribution in [2.24, 2.45) is 0 Å². The minimum atomic E-state index is -0.556. The van der Waals surface area contributed by atoms with E-state index in [1.54, 1.807) is 35.0 Å². The minimum absolute atomic E-state index is 0.0765. The van der Waals surface area contributed by atoms with Crippen molar-refractivity contribution >= 4 is 23.0 Å². The predicted octanol–water partition coefficient (Wildman–Crippen LogP) is 0.625. The van der Waals surface area contributed by atoms with Crippen molar-refractivity contribution < 1.29 is 14.3 Å². The molecule has 1 aromatic carbocycles. The molecule has 2 saturated heterocycles. The third kappa shape index (κ3) is 1.91. The number of nitrogens with zero attached hydrogens (tertiary/aromatic N) is 4. The fraction of sp³-hybridized carbons (Fsp3) is 0.429. The number of amides is 2. The Kier molecular flexibility index (Phi) is 2.63. The number of carbonyl (C=O) groups excluding carboxylic acids is 2. The number of rotatable bonds is 1. The van der Waals surface area contributed by atoms with Crippen molar-refractivity contribution in [1.82, 2.24) is 25.2 Å². The van der Waals surface area contributed by atoms with E-state index in [0.717, 1.165) is 5.52 Å². The van der Waals surface area contributed by atoms with Gasteiger partial charge in [0.25, 0.3) is 5.91 Å². The lowest BCUT2D eigenvalue weighted by atomic mass is 10.0. The summed E-state index contributed by atoms with van der Waals surface area (Å²) in [7, 11) is 1.71. The van der Waals surface area contributed by atoms with Gasteiger partial charge in [0.05, 0.1) is 13.1 Å². The van der Waals surface area contributed by atoms with E-state index >= 15 is 0 Å². The Morgan fingerprint density at radius 2 is 2.14 bits per heavy atom. The van der Waals surface area contributed by atoms with Crippen LogP contribution in [0.25, 0.3) is 11.0 Å². The molecule has 2 fully saturated rings. The molecule has 8 heteroatoms. The van der Waals surface area contributed by atoms with Crippen LogP contribution in [0.3, 0.4) is 0 Å². The first-order chi connectivity index (χ1) is 10.6. The first-order valence-electron chi connectivity index (χ1n) is 7.10. The van der Waals surface area contributed by atoms with Gasteiger partial charge in [-0.3, -0.25) is 4.79 Å². The van der Waals surface area contributed by atoms with Crippen molar-refractivity contribution in [1.29, 1.82) is 0 Å². The summed E-state index contributed by atoms with van der Waals surface area (Å²) in [6, 6.07) is 5.23. The van der Waals surface area contributed by atoms with E-state index in [9.17, 15) is 9.59 Å². The fourth-order valence-corrected chi connectivity index (χ4v) is 3.18. The first kappa shape index (κ1) is 13.1. The predicted molar refractivity (Wildman–Crippen MR) is 76.3 cm³/mol. The number of hydrogen-bond acceptors (Lipinski definition) is 5. The quantitative estimate of drug-likeness (QED) is 0.834. The van der Waals surface area contributed by atoms with Crippen molar-refractivity contribution in [3.63, 3.8) is 0 Å².